The van der Waals surface area contributed by atoms with Crippen molar-refractivity contribution < 1.29 is 14.7 Å². The third-order valence-electron chi connectivity index (χ3n) is 2.47. The van der Waals surface area contributed by atoms with Gasteiger partial charge in [-0.2, -0.15) is 0 Å². The van der Waals surface area contributed by atoms with Gasteiger partial charge >= 0.3 is 12.0 Å². The topological polar surface area (TPSA) is 91.3 Å². The molecule has 19 heavy (non-hydrogen) atoms. The molecule has 0 radical (unpaired) electrons. The highest BCUT2D eigenvalue weighted by atomic mass is 32.1. The number of amides is 2. The molecule has 1 rings (SSSR count). The predicted molar refractivity (Wildman–Crippen MR) is 73.4 cm³/mol. The molecule has 0 bridgehead atoms. The first-order valence-electron chi connectivity index (χ1n) is 6.21. The van der Waals surface area contributed by atoms with Gasteiger partial charge in [-0.25, -0.2) is 14.6 Å². The summed E-state index contributed by atoms with van der Waals surface area (Å²) in [4.78, 5) is 26.7. The summed E-state index contributed by atoms with van der Waals surface area (Å²) in [6.45, 7) is 4.24. The summed E-state index contributed by atoms with van der Waals surface area (Å²) in [5.41, 5.74) is 0.971. The minimum atomic E-state index is -1.01. The maximum Gasteiger partial charge on any atom is 0.326 e. The van der Waals surface area contributed by atoms with E-state index >= 15 is 0 Å². The van der Waals surface area contributed by atoms with Crippen LogP contribution < -0.4 is 10.6 Å². The summed E-state index contributed by atoms with van der Waals surface area (Å²) in [6.07, 6.45) is 1.78. The van der Waals surface area contributed by atoms with E-state index in [1.54, 1.807) is 11.3 Å². The molecule has 106 valence electrons. The number of hydrogen-bond acceptors (Lipinski definition) is 4. The fourth-order valence-corrected chi connectivity index (χ4v) is 2.33. The first-order chi connectivity index (χ1) is 9.02. The van der Waals surface area contributed by atoms with Crippen molar-refractivity contribution in [2.45, 2.75) is 39.2 Å². The molecule has 0 spiro atoms. The largest absolute Gasteiger partial charge is 0.480 e. The number of carboxylic acid groups (broad SMARTS) is 1. The van der Waals surface area contributed by atoms with Gasteiger partial charge in [0, 0.05) is 24.0 Å². The van der Waals surface area contributed by atoms with Crippen LogP contribution >= 0.6 is 11.3 Å². The van der Waals surface area contributed by atoms with Crippen molar-refractivity contribution in [1.82, 2.24) is 15.6 Å². The molecule has 1 atom stereocenters. The fourth-order valence-electron chi connectivity index (χ4n) is 1.56. The average Bonchev–Trinajstić information content (AvgIpc) is 2.74. The molecule has 0 fully saturated rings. The van der Waals surface area contributed by atoms with Crippen molar-refractivity contribution in [1.29, 1.82) is 0 Å². The van der Waals surface area contributed by atoms with E-state index in [4.69, 9.17) is 5.11 Å². The lowest BCUT2D eigenvalue weighted by atomic mass is 10.2. The van der Waals surface area contributed by atoms with Crippen LogP contribution in [0.3, 0.4) is 0 Å². The Balaban J connectivity index is 2.28. The van der Waals surface area contributed by atoms with E-state index in [1.165, 1.54) is 0 Å². The zero-order valence-electron chi connectivity index (χ0n) is 11.1. The number of aromatic nitrogens is 1. The molecular weight excluding hydrogens is 266 g/mol. The van der Waals surface area contributed by atoms with Gasteiger partial charge in [-0.15, -0.1) is 11.3 Å². The first kappa shape index (κ1) is 15.4. The highest BCUT2D eigenvalue weighted by Crippen LogP contribution is 2.08. The van der Waals surface area contributed by atoms with Crippen LogP contribution in [0.15, 0.2) is 5.38 Å². The van der Waals surface area contributed by atoms with Gasteiger partial charge in [-0.05, 0) is 13.3 Å². The summed E-state index contributed by atoms with van der Waals surface area (Å²) in [6, 6.07) is -1.28. The lowest BCUT2D eigenvalue weighted by Gasteiger charge is -2.13. The van der Waals surface area contributed by atoms with Crippen LogP contribution in [0, 0.1) is 6.92 Å². The zero-order chi connectivity index (χ0) is 14.3. The Kier molecular flexibility index (Phi) is 6.27. The van der Waals surface area contributed by atoms with Crippen LogP contribution in [0.1, 0.15) is 30.5 Å². The van der Waals surface area contributed by atoms with E-state index in [1.807, 2.05) is 19.2 Å². The van der Waals surface area contributed by atoms with Crippen LogP contribution in [0.5, 0.6) is 0 Å². The minimum Gasteiger partial charge on any atom is -0.480 e. The number of thiazole rings is 1. The number of nitrogens with zero attached hydrogens (tertiary/aromatic N) is 1. The summed E-state index contributed by atoms with van der Waals surface area (Å²) in [5.74, 6) is -1.01. The van der Waals surface area contributed by atoms with E-state index in [9.17, 15) is 9.59 Å². The van der Waals surface area contributed by atoms with Crippen LogP contribution in [0.25, 0.3) is 0 Å². The third-order valence-corrected chi connectivity index (χ3v) is 3.50. The number of aryl methyl sites for hydroxylation is 1. The predicted octanol–water partition coefficient (Wildman–Crippen LogP) is 1.55. The molecule has 0 aliphatic heterocycles. The number of rotatable bonds is 7. The molecule has 6 nitrogen and oxygen atoms in total. The summed E-state index contributed by atoms with van der Waals surface area (Å²) in [5, 5.41) is 16.9. The van der Waals surface area contributed by atoms with Crippen molar-refractivity contribution in [2.24, 2.45) is 0 Å². The van der Waals surface area contributed by atoms with E-state index in [2.05, 4.69) is 15.6 Å². The highest BCUT2D eigenvalue weighted by Gasteiger charge is 2.18. The maximum atomic E-state index is 11.5. The Labute approximate surface area is 116 Å². The molecule has 1 aromatic rings. The van der Waals surface area contributed by atoms with Crippen LogP contribution in [-0.2, 0) is 11.2 Å². The van der Waals surface area contributed by atoms with Gasteiger partial charge in [-0.1, -0.05) is 13.3 Å². The lowest BCUT2D eigenvalue weighted by molar-refractivity contribution is -0.139. The van der Waals surface area contributed by atoms with E-state index in [0.29, 0.717) is 25.8 Å². The molecule has 1 heterocycles. The molecule has 0 aliphatic carbocycles. The van der Waals surface area contributed by atoms with Crippen molar-refractivity contribution in [3.05, 3.63) is 16.1 Å². The van der Waals surface area contributed by atoms with Crippen molar-refractivity contribution >= 4 is 23.3 Å². The smallest absolute Gasteiger partial charge is 0.326 e. The molecule has 0 aromatic carbocycles. The number of aliphatic carboxylic acids is 1. The number of carbonyl (C=O) groups excluding carboxylic acids is 1. The number of hydrogen-bond donors (Lipinski definition) is 3. The normalized spacial score (nSPS) is 11.9. The Morgan fingerprint density at radius 1 is 1.53 bits per heavy atom. The third kappa shape index (κ3) is 5.69. The number of carboxylic acids is 1. The Morgan fingerprint density at radius 3 is 2.79 bits per heavy atom. The number of carbonyl (C=O) groups is 2. The van der Waals surface area contributed by atoms with Crippen molar-refractivity contribution in [2.75, 3.05) is 6.54 Å². The molecule has 3 N–H and O–H groups in total. The van der Waals surface area contributed by atoms with Crippen molar-refractivity contribution in [3.63, 3.8) is 0 Å². The second-order valence-electron chi connectivity index (χ2n) is 4.21. The first-order valence-corrected chi connectivity index (χ1v) is 7.09. The van der Waals surface area contributed by atoms with Gasteiger partial charge < -0.3 is 15.7 Å². The molecule has 0 saturated carbocycles. The minimum absolute atomic E-state index is 0.425. The zero-order valence-corrected chi connectivity index (χ0v) is 11.9. The second-order valence-corrected chi connectivity index (χ2v) is 5.16. The van der Waals surface area contributed by atoms with Gasteiger partial charge in [0.15, 0.2) is 0 Å². The van der Waals surface area contributed by atoms with Gasteiger partial charge in [-0.3, -0.25) is 0 Å². The molecular formula is C12H19N3O3S. The standard InChI is InChI=1S/C12H19N3O3S/c1-3-4-9(11(16)17)15-12(18)13-6-5-10-14-8(2)7-19-10/h7,9H,3-6H2,1-2H3,(H,16,17)(H2,13,15,18). The van der Waals surface area contributed by atoms with Crippen LogP contribution in [0.2, 0.25) is 0 Å². The Morgan fingerprint density at radius 2 is 2.26 bits per heavy atom. The summed E-state index contributed by atoms with van der Waals surface area (Å²) >= 11 is 1.55. The fraction of sp³-hybridized carbons (Fsp3) is 0.583. The molecule has 1 aromatic heterocycles. The molecule has 0 saturated heterocycles. The summed E-state index contributed by atoms with van der Waals surface area (Å²) in [7, 11) is 0. The van der Waals surface area contributed by atoms with Crippen LogP contribution in [-0.4, -0.2) is 34.7 Å². The highest BCUT2D eigenvalue weighted by molar-refractivity contribution is 7.09. The quantitative estimate of drug-likeness (QED) is 0.708. The van der Waals surface area contributed by atoms with E-state index < -0.39 is 18.0 Å². The van der Waals surface area contributed by atoms with Gasteiger partial charge in [0.25, 0.3) is 0 Å². The number of urea groups is 1. The van der Waals surface area contributed by atoms with E-state index in [-0.39, 0.29) is 0 Å². The van der Waals surface area contributed by atoms with Gasteiger partial charge in [0.05, 0.1) is 5.01 Å². The Bertz CT molecular complexity index is 434. The van der Waals surface area contributed by atoms with Crippen LogP contribution in [0.4, 0.5) is 4.79 Å². The summed E-state index contributed by atoms with van der Waals surface area (Å²) < 4.78 is 0. The molecule has 7 heteroatoms. The van der Waals surface area contributed by atoms with Gasteiger partial charge in [0.2, 0.25) is 0 Å². The second kappa shape index (κ2) is 7.73. The van der Waals surface area contributed by atoms with Gasteiger partial charge in [0.1, 0.15) is 6.04 Å². The SMILES string of the molecule is CCCC(NC(=O)NCCc1nc(C)cs1)C(=O)O. The van der Waals surface area contributed by atoms with Crippen molar-refractivity contribution in [3.8, 4) is 0 Å². The average molecular weight is 285 g/mol. The molecule has 2 amide bonds. The molecule has 0 aliphatic rings. The van der Waals surface area contributed by atoms with E-state index in [0.717, 1.165) is 10.7 Å². The monoisotopic (exact) mass is 285 g/mol. The lowest BCUT2D eigenvalue weighted by Crippen LogP contribution is -2.46. The molecule has 1 unspecified atom stereocenters. The number of nitrogens with one attached hydrogen (secondary N) is 2. The Hall–Kier alpha value is -1.63. The maximum absolute atomic E-state index is 11.5.